The Balaban J connectivity index is 1.47. The maximum atomic E-state index is 6.16. The summed E-state index contributed by atoms with van der Waals surface area (Å²) >= 11 is 1.98. The number of thiophene rings is 1. The van der Waals surface area contributed by atoms with E-state index in [-0.39, 0.29) is 6.04 Å². The molecule has 34 heavy (non-hydrogen) atoms. The SMILES string of the molecule is CCc1c(C)sc2c1CCN(Cc1nc(-c3ccc(C(C)C)cc3)oc1C)[C@@H]2c1ccccc1. The molecule has 1 aliphatic heterocycles. The number of rotatable bonds is 6. The van der Waals surface area contributed by atoms with E-state index in [4.69, 9.17) is 9.40 Å². The molecule has 4 aromatic rings. The summed E-state index contributed by atoms with van der Waals surface area (Å²) in [5.41, 5.74) is 7.91. The van der Waals surface area contributed by atoms with Gasteiger partial charge in [-0.25, -0.2) is 4.98 Å². The van der Waals surface area contributed by atoms with Crippen LogP contribution in [0.4, 0.5) is 0 Å². The Morgan fingerprint density at radius 2 is 1.79 bits per heavy atom. The maximum Gasteiger partial charge on any atom is 0.226 e. The van der Waals surface area contributed by atoms with Crippen LogP contribution in [-0.2, 0) is 19.4 Å². The zero-order valence-corrected chi connectivity index (χ0v) is 21.7. The van der Waals surface area contributed by atoms with Crippen LogP contribution in [0.1, 0.15) is 76.2 Å². The van der Waals surface area contributed by atoms with Crippen molar-refractivity contribution in [3.05, 3.63) is 98.1 Å². The number of fused-ring (bicyclic) bond motifs is 1. The molecule has 3 heterocycles. The zero-order chi connectivity index (χ0) is 23.8. The lowest BCUT2D eigenvalue weighted by atomic mass is 9.91. The maximum absolute atomic E-state index is 6.16. The normalized spacial score (nSPS) is 16.2. The predicted molar refractivity (Wildman–Crippen MR) is 142 cm³/mol. The van der Waals surface area contributed by atoms with E-state index in [9.17, 15) is 0 Å². The first-order valence-electron chi connectivity index (χ1n) is 12.4. The molecule has 0 fully saturated rings. The molecule has 1 aliphatic rings. The third-order valence-electron chi connectivity index (χ3n) is 7.15. The van der Waals surface area contributed by atoms with Crippen molar-refractivity contribution < 1.29 is 4.42 Å². The van der Waals surface area contributed by atoms with Crippen LogP contribution in [-0.4, -0.2) is 16.4 Å². The minimum Gasteiger partial charge on any atom is -0.441 e. The quantitative estimate of drug-likeness (QED) is 0.287. The van der Waals surface area contributed by atoms with E-state index in [1.54, 1.807) is 11.1 Å². The molecule has 2 aromatic heterocycles. The molecule has 5 rings (SSSR count). The van der Waals surface area contributed by atoms with Crippen LogP contribution in [0.25, 0.3) is 11.5 Å². The van der Waals surface area contributed by atoms with Crippen LogP contribution in [0.5, 0.6) is 0 Å². The molecule has 0 saturated carbocycles. The molecular formula is C30H34N2OS. The predicted octanol–water partition coefficient (Wildman–Crippen LogP) is 7.85. The van der Waals surface area contributed by atoms with Gasteiger partial charge in [0.15, 0.2) is 0 Å². The fourth-order valence-corrected chi connectivity index (χ4v) is 6.69. The Kier molecular flexibility index (Phi) is 6.46. The smallest absolute Gasteiger partial charge is 0.226 e. The largest absolute Gasteiger partial charge is 0.441 e. The highest BCUT2D eigenvalue weighted by Gasteiger charge is 2.33. The molecule has 0 aliphatic carbocycles. The van der Waals surface area contributed by atoms with E-state index in [0.717, 1.165) is 48.8 Å². The van der Waals surface area contributed by atoms with Crippen molar-refractivity contribution in [1.82, 2.24) is 9.88 Å². The summed E-state index contributed by atoms with van der Waals surface area (Å²) < 4.78 is 6.16. The van der Waals surface area contributed by atoms with Crippen LogP contribution in [0, 0.1) is 13.8 Å². The van der Waals surface area contributed by atoms with Crippen molar-refractivity contribution in [3.63, 3.8) is 0 Å². The second-order valence-corrected chi connectivity index (χ2v) is 10.9. The Morgan fingerprint density at radius 1 is 1.06 bits per heavy atom. The lowest BCUT2D eigenvalue weighted by Crippen LogP contribution is -2.35. The first-order valence-corrected chi connectivity index (χ1v) is 13.2. The van der Waals surface area contributed by atoms with Crippen LogP contribution >= 0.6 is 11.3 Å². The summed E-state index contributed by atoms with van der Waals surface area (Å²) in [6, 6.07) is 19.8. The number of oxazole rings is 1. The molecule has 0 bridgehead atoms. The molecule has 0 amide bonds. The van der Waals surface area contributed by atoms with Gasteiger partial charge in [-0.1, -0.05) is 63.2 Å². The number of nitrogens with zero attached hydrogens (tertiary/aromatic N) is 2. The average Bonchev–Trinajstić information content (AvgIpc) is 3.37. The number of benzene rings is 2. The molecule has 176 valence electrons. The average molecular weight is 471 g/mol. The van der Waals surface area contributed by atoms with Crippen LogP contribution in [0.3, 0.4) is 0 Å². The first kappa shape index (κ1) is 23.1. The van der Waals surface area contributed by atoms with Gasteiger partial charge in [0, 0.05) is 28.4 Å². The number of aryl methyl sites for hydroxylation is 2. The highest BCUT2D eigenvalue weighted by atomic mass is 32.1. The van der Waals surface area contributed by atoms with Crippen molar-refractivity contribution >= 4 is 11.3 Å². The lowest BCUT2D eigenvalue weighted by molar-refractivity contribution is 0.204. The molecule has 1 atom stereocenters. The molecule has 0 N–H and O–H groups in total. The highest BCUT2D eigenvalue weighted by molar-refractivity contribution is 7.12. The molecule has 4 heteroatoms. The third-order valence-corrected chi connectivity index (χ3v) is 8.39. The van der Waals surface area contributed by atoms with Gasteiger partial charge in [-0.15, -0.1) is 11.3 Å². The summed E-state index contributed by atoms with van der Waals surface area (Å²) in [5, 5.41) is 0. The van der Waals surface area contributed by atoms with Gasteiger partial charge in [0.2, 0.25) is 5.89 Å². The second kappa shape index (κ2) is 9.52. The van der Waals surface area contributed by atoms with Gasteiger partial charge in [0.1, 0.15) is 5.76 Å². The summed E-state index contributed by atoms with van der Waals surface area (Å²) in [5.74, 6) is 2.15. The van der Waals surface area contributed by atoms with Gasteiger partial charge in [0.05, 0.1) is 11.7 Å². The molecule has 0 unspecified atom stereocenters. The summed E-state index contributed by atoms with van der Waals surface area (Å²) in [4.78, 5) is 10.5. The fraction of sp³-hybridized carbons (Fsp3) is 0.367. The third kappa shape index (κ3) is 4.25. The van der Waals surface area contributed by atoms with Crippen LogP contribution in [0.2, 0.25) is 0 Å². The van der Waals surface area contributed by atoms with Crippen molar-refractivity contribution in [2.45, 2.75) is 66.0 Å². The topological polar surface area (TPSA) is 29.3 Å². The Hall–Kier alpha value is -2.69. The van der Waals surface area contributed by atoms with E-state index in [1.807, 2.05) is 18.3 Å². The molecular weight excluding hydrogens is 436 g/mol. The molecule has 3 nitrogen and oxygen atoms in total. The van der Waals surface area contributed by atoms with Gasteiger partial charge in [0.25, 0.3) is 0 Å². The van der Waals surface area contributed by atoms with Gasteiger partial charge in [-0.3, -0.25) is 4.90 Å². The van der Waals surface area contributed by atoms with Crippen molar-refractivity contribution in [1.29, 1.82) is 0 Å². The number of hydrogen-bond acceptors (Lipinski definition) is 4. The minimum absolute atomic E-state index is 0.263. The van der Waals surface area contributed by atoms with Crippen molar-refractivity contribution in [2.24, 2.45) is 0 Å². The monoisotopic (exact) mass is 470 g/mol. The second-order valence-electron chi connectivity index (χ2n) is 9.67. The number of aromatic nitrogens is 1. The highest BCUT2D eigenvalue weighted by Crippen LogP contribution is 2.43. The van der Waals surface area contributed by atoms with Gasteiger partial charge >= 0.3 is 0 Å². The van der Waals surface area contributed by atoms with Gasteiger partial charge in [-0.2, -0.15) is 0 Å². The van der Waals surface area contributed by atoms with E-state index in [1.165, 1.54) is 20.9 Å². The van der Waals surface area contributed by atoms with Gasteiger partial charge < -0.3 is 4.42 Å². The van der Waals surface area contributed by atoms with Crippen LogP contribution in [0.15, 0.2) is 59.0 Å². The summed E-state index contributed by atoms with van der Waals surface area (Å²) in [6.07, 6.45) is 2.22. The van der Waals surface area contributed by atoms with Crippen molar-refractivity contribution in [2.75, 3.05) is 6.54 Å². The molecule has 0 saturated heterocycles. The van der Waals surface area contributed by atoms with E-state index in [0.29, 0.717) is 5.92 Å². The summed E-state index contributed by atoms with van der Waals surface area (Å²) in [6.45, 7) is 12.9. The lowest BCUT2D eigenvalue weighted by Gasteiger charge is -2.36. The Bertz CT molecular complexity index is 1270. The first-order chi connectivity index (χ1) is 16.5. The number of hydrogen-bond donors (Lipinski definition) is 0. The van der Waals surface area contributed by atoms with E-state index < -0.39 is 0 Å². The van der Waals surface area contributed by atoms with E-state index in [2.05, 4.69) is 87.2 Å². The van der Waals surface area contributed by atoms with E-state index >= 15 is 0 Å². The Labute approximate surface area is 207 Å². The molecule has 0 radical (unpaired) electrons. The summed E-state index contributed by atoms with van der Waals surface area (Å²) in [7, 11) is 0. The van der Waals surface area contributed by atoms with Crippen molar-refractivity contribution in [3.8, 4) is 11.5 Å². The standard InChI is InChI=1S/C30H34N2OS/c1-6-25-21(5)34-29-26(25)16-17-32(28(29)23-10-8-7-9-11-23)18-27-20(4)33-30(31-27)24-14-12-22(13-15-24)19(2)3/h7-15,19,28H,6,16-18H2,1-5H3/t28-/m1/s1. The molecule has 2 aromatic carbocycles. The molecule has 0 spiro atoms. The Morgan fingerprint density at radius 3 is 2.47 bits per heavy atom. The fourth-order valence-electron chi connectivity index (χ4n) is 5.23. The van der Waals surface area contributed by atoms with Gasteiger partial charge in [-0.05, 0) is 67.0 Å². The zero-order valence-electron chi connectivity index (χ0n) is 20.9. The van der Waals surface area contributed by atoms with Crippen LogP contribution < -0.4 is 0 Å². The minimum atomic E-state index is 0.263.